The van der Waals surface area contributed by atoms with Crippen LogP contribution in [0.25, 0.3) is 0 Å². The first-order chi connectivity index (χ1) is 5.36. The third-order valence-corrected chi connectivity index (χ3v) is 1.95. The molecule has 0 bridgehead atoms. The molecule has 0 atom stereocenters. The fraction of sp³-hybridized carbons (Fsp3) is 0.833. The van der Waals surface area contributed by atoms with Crippen LogP contribution in [-0.2, 0) is 13.0 Å². The van der Waals surface area contributed by atoms with E-state index >= 15 is 0 Å². The molecular formula is C6H10N4O. The van der Waals surface area contributed by atoms with Crippen LogP contribution in [0, 0.1) is 5.21 Å². The maximum absolute atomic E-state index is 10.6. The molecule has 0 N–H and O–H groups in total. The second-order valence-corrected chi connectivity index (χ2v) is 2.79. The van der Waals surface area contributed by atoms with Crippen LogP contribution in [0.15, 0.2) is 0 Å². The monoisotopic (exact) mass is 154 g/mol. The quantitative estimate of drug-likeness (QED) is 0.378. The van der Waals surface area contributed by atoms with Crippen LogP contribution in [0.2, 0.25) is 0 Å². The second-order valence-electron chi connectivity index (χ2n) is 2.79. The molecule has 60 valence electrons. The van der Waals surface area contributed by atoms with Gasteiger partial charge in [-0.2, -0.15) is 0 Å². The number of nitrogens with zero attached hydrogens (tertiary/aromatic N) is 4. The summed E-state index contributed by atoms with van der Waals surface area (Å²) in [7, 11) is 0. The predicted octanol–water partition coefficient (Wildman–Crippen LogP) is -0.362. The maximum Gasteiger partial charge on any atom is 0.259 e. The summed E-state index contributed by atoms with van der Waals surface area (Å²) in [4.78, 5) is 0.403. The van der Waals surface area contributed by atoms with Crippen molar-refractivity contribution in [1.29, 1.82) is 0 Å². The number of tetrazole rings is 1. The summed E-state index contributed by atoms with van der Waals surface area (Å²) in [5, 5.41) is 18.0. The molecule has 1 aromatic heterocycles. The van der Waals surface area contributed by atoms with E-state index in [1.165, 1.54) is 6.42 Å². The number of aromatic nitrogens is 4. The Morgan fingerprint density at radius 2 is 2.27 bits per heavy atom. The summed E-state index contributed by atoms with van der Waals surface area (Å²) >= 11 is 0. The lowest BCUT2D eigenvalue weighted by Crippen LogP contribution is -2.32. The Labute approximate surface area is 64.2 Å². The lowest BCUT2D eigenvalue weighted by atomic mass is 10.2. The van der Waals surface area contributed by atoms with Crippen LogP contribution in [0.3, 0.4) is 0 Å². The number of hydrogen-bond acceptors (Lipinski definition) is 3. The van der Waals surface area contributed by atoms with E-state index in [9.17, 15) is 5.21 Å². The molecule has 0 fully saturated rings. The number of fused-ring (bicyclic) bond motifs is 1. The number of rotatable bonds is 0. The minimum Gasteiger partial charge on any atom is -0.671 e. The van der Waals surface area contributed by atoms with Crippen LogP contribution in [0.4, 0.5) is 0 Å². The molecular weight excluding hydrogens is 144 g/mol. The third-order valence-electron chi connectivity index (χ3n) is 1.95. The van der Waals surface area contributed by atoms with Crippen LogP contribution >= 0.6 is 0 Å². The molecule has 0 radical (unpaired) electrons. The Hall–Kier alpha value is -1.13. The Bertz CT molecular complexity index is 234. The first-order valence-corrected chi connectivity index (χ1v) is 3.90. The van der Waals surface area contributed by atoms with Gasteiger partial charge in [-0.1, -0.05) is 0 Å². The Kier molecular flexibility index (Phi) is 1.48. The summed E-state index contributed by atoms with van der Waals surface area (Å²) in [5.41, 5.74) is 0. The molecule has 1 aromatic rings. The van der Waals surface area contributed by atoms with E-state index in [-0.39, 0.29) is 0 Å². The summed E-state index contributed by atoms with van der Waals surface area (Å²) in [6.45, 7) is 0.845. The van der Waals surface area contributed by atoms with Gasteiger partial charge >= 0.3 is 0 Å². The smallest absolute Gasteiger partial charge is 0.259 e. The zero-order chi connectivity index (χ0) is 7.68. The van der Waals surface area contributed by atoms with Gasteiger partial charge in [0.25, 0.3) is 5.82 Å². The Morgan fingerprint density at radius 1 is 1.36 bits per heavy atom. The Balaban J connectivity index is 2.32. The zero-order valence-corrected chi connectivity index (χ0v) is 6.23. The second kappa shape index (κ2) is 2.48. The lowest BCUT2D eigenvalue weighted by molar-refractivity contribution is -0.727. The molecule has 2 heterocycles. The van der Waals surface area contributed by atoms with Gasteiger partial charge in [-0.25, -0.2) is 0 Å². The van der Waals surface area contributed by atoms with Crippen LogP contribution in [-0.4, -0.2) is 15.0 Å². The summed E-state index contributed by atoms with van der Waals surface area (Å²) in [5.74, 6) is 0.831. The van der Waals surface area contributed by atoms with Crippen molar-refractivity contribution in [3.63, 3.8) is 0 Å². The average molecular weight is 154 g/mol. The minimum atomic E-state index is 0.403. The molecule has 0 amide bonds. The van der Waals surface area contributed by atoms with Crippen molar-refractivity contribution in [1.82, 2.24) is 15.0 Å². The van der Waals surface area contributed by atoms with E-state index in [1.807, 2.05) is 0 Å². The van der Waals surface area contributed by atoms with Gasteiger partial charge in [-0.15, -0.1) is 4.68 Å². The van der Waals surface area contributed by atoms with E-state index in [0.717, 1.165) is 31.6 Å². The maximum atomic E-state index is 10.6. The van der Waals surface area contributed by atoms with Crippen molar-refractivity contribution in [2.45, 2.75) is 32.2 Å². The minimum absolute atomic E-state index is 0.403. The van der Waals surface area contributed by atoms with Crippen molar-refractivity contribution >= 4 is 0 Å². The van der Waals surface area contributed by atoms with E-state index < -0.39 is 0 Å². The predicted molar refractivity (Wildman–Crippen MR) is 36.5 cm³/mol. The zero-order valence-electron chi connectivity index (χ0n) is 6.23. The molecule has 0 aromatic carbocycles. The molecule has 0 saturated heterocycles. The molecule has 2 rings (SSSR count). The lowest BCUT2D eigenvalue weighted by Gasteiger charge is -1.88. The molecule has 0 saturated carbocycles. The van der Waals surface area contributed by atoms with Crippen LogP contribution in [0.5, 0.6) is 0 Å². The van der Waals surface area contributed by atoms with Crippen LogP contribution < -0.4 is 4.96 Å². The van der Waals surface area contributed by atoms with Gasteiger partial charge in [0.1, 0.15) is 11.8 Å². The van der Waals surface area contributed by atoms with Crippen molar-refractivity contribution in [3.05, 3.63) is 11.0 Å². The van der Waals surface area contributed by atoms with E-state index in [2.05, 4.69) is 10.3 Å². The van der Waals surface area contributed by atoms with Gasteiger partial charge < -0.3 is 5.21 Å². The summed E-state index contributed by atoms with van der Waals surface area (Å²) in [6.07, 6.45) is 4.33. The van der Waals surface area contributed by atoms with E-state index in [0.29, 0.717) is 4.96 Å². The molecule has 11 heavy (non-hydrogen) atoms. The number of hydrogen-bond donors (Lipinski definition) is 0. The van der Waals surface area contributed by atoms with Gasteiger partial charge in [-0.3, -0.25) is 0 Å². The molecule has 0 unspecified atom stereocenters. The fourth-order valence-corrected chi connectivity index (χ4v) is 1.39. The molecule has 0 spiro atoms. The van der Waals surface area contributed by atoms with Gasteiger partial charge in [0.15, 0.2) is 0 Å². The highest BCUT2D eigenvalue weighted by Crippen LogP contribution is 2.08. The molecule has 1 aliphatic heterocycles. The SMILES string of the molecule is [O-][n+]1nc2n(n1)CCCCC2. The molecule has 1 aliphatic rings. The normalized spacial score (nSPS) is 17.5. The van der Waals surface area contributed by atoms with Crippen molar-refractivity contribution in [2.75, 3.05) is 0 Å². The topological polar surface area (TPSA) is 57.6 Å². The first kappa shape index (κ1) is 6.57. The van der Waals surface area contributed by atoms with Crippen molar-refractivity contribution in [3.8, 4) is 0 Å². The van der Waals surface area contributed by atoms with Gasteiger partial charge in [0.2, 0.25) is 0 Å². The summed E-state index contributed by atoms with van der Waals surface area (Å²) in [6, 6.07) is 0. The van der Waals surface area contributed by atoms with E-state index in [4.69, 9.17) is 0 Å². The molecule has 5 heteroatoms. The van der Waals surface area contributed by atoms with Gasteiger partial charge in [0.05, 0.1) is 0 Å². The van der Waals surface area contributed by atoms with E-state index in [1.54, 1.807) is 4.68 Å². The van der Waals surface area contributed by atoms with Gasteiger partial charge in [-0.05, 0) is 29.3 Å². The average Bonchev–Trinajstić information content (AvgIpc) is 2.17. The summed E-state index contributed by atoms with van der Waals surface area (Å²) < 4.78 is 1.71. The fourth-order valence-electron chi connectivity index (χ4n) is 1.39. The molecule has 5 nitrogen and oxygen atoms in total. The van der Waals surface area contributed by atoms with Crippen molar-refractivity contribution in [2.24, 2.45) is 0 Å². The Morgan fingerprint density at radius 3 is 3.18 bits per heavy atom. The highest BCUT2D eigenvalue weighted by Gasteiger charge is 2.16. The largest absolute Gasteiger partial charge is 0.671 e. The van der Waals surface area contributed by atoms with Crippen molar-refractivity contribution < 1.29 is 4.96 Å². The molecule has 0 aliphatic carbocycles. The standard InChI is InChI=1S/C6H10N4O/c11-10-7-6-4-2-1-3-5-9(6)8-10/h1-5H2. The first-order valence-electron chi connectivity index (χ1n) is 3.90. The highest BCUT2D eigenvalue weighted by molar-refractivity contribution is 4.81. The third kappa shape index (κ3) is 1.18. The van der Waals surface area contributed by atoms with Gasteiger partial charge in [0, 0.05) is 6.42 Å². The highest BCUT2D eigenvalue weighted by atomic mass is 16.5. The number of aryl methyl sites for hydroxylation is 2. The van der Waals surface area contributed by atoms with Crippen LogP contribution in [0.1, 0.15) is 25.1 Å².